The number of ether oxygens (including phenoxy) is 2. The molecule has 0 atom stereocenters. The van der Waals surface area contributed by atoms with E-state index < -0.39 is 0 Å². The third-order valence-electron chi connectivity index (χ3n) is 5.86. The van der Waals surface area contributed by atoms with E-state index in [9.17, 15) is 14.4 Å². The summed E-state index contributed by atoms with van der Waals surface area (Å²) in [6.07, 6.45) is 0. The summed E-state index contributed by atoms with van der Waals surface area (Å²) in [5, 5.41) is 2.86. The van der Waals surface area contributed by atoms with Crippen molar-refractivity contribution in [2.24, 2.45) is 0 Å². The number of nitrogens with zero attached hydrogens (tertiary/aromatic N) is 2. The lowest BCUT2D eigenvalue weighted by atomic mass is 10.1. The summed E-state index contributed by atoms with van der Waals surface area (Å²) in [5.74, 6) is 0.288. The number of benzene rings is 2. The van der Waals surface area contributed by atoms with E-state index in [1.54, 1.807) is 18.2 Å². The summed E-state index contributed by atoms with van der Waals surface area (Å²) in [5.41, 5.74) is 2.87. The molecule has 0 fully saturated rings. The van der Waals surface area contributed by atoms with E-state index >= 15 is 0 Å². The zero-order valence-electron chi connectivity index (χ0n) is 20.3. The van der Waals surface area contributed by atoms with Crippen LogP contribution in [-0.2, 0) is 9.59 Å². The highest BCUT2D eigenvalue weighted by atomic mass is 16.5. The minimum atomic E-state index is -0.331. The summed E-state index contributed by atoms with van der Waals surface area (Å²) in [6.45, 7) is 10.7. The van der Waals surface area contributed by atoms with Crippen LogP contribution < -0.4 is 19.7 Å². The lowest BCUT2D eigenvalue weighted by molar-refractivity contribution is -0.125. The molecule has 0 saturated carbocycles. The van der Waals surface area contributed by atoms with E-state index in [-0.39, 0.29) is 37.4 Å². The predicted molar refractivity (Wildman–Crippen MR) is 131 cm³/mol. The third kappa shape index (κ3) is 6.35. The first-order chi connectivity index (χ1) is 16.3. The molecule has 34 heavy (non-hydrogen) atoms. The molecule has 8 nitrogen and oxygen atoms in total. The second kappa shape index (κ2) is 11.7. The third-order valence-corrected chi connectivity index (χ3v) is 5.86. The zero-order valence-corrected chi connectivity index (χ0v) is 20.3. The first-order valence-electron chi connectivity index (χ1n) is 11.6. The lowest BCUT2D eigenvalue weighted by Crippen LogP contribution is -2.46. The number of Topliss-reactive ketones (excluding diaryl/α,β-unsaturated/α-hetero) is 1. The largest absolute Gasteiger partial charge is 0.485 e. The summed E-state index contributed by atoms with van der Waals surface area (Å²) in [7, 11) is 0. The number of nitrogens with one attached hydrogen (secondary N) is 1. The quantitative estimate of drug-likeness (QED) is 0.512. The molecule has 2 amide bonds. The molecule has 1 N–H and O–H groups in total. The van der Waals surface area contributed by atoms with Crippen molar-refractivity contribution in [2.75, 3.05) is 50.8 Å². The van der Waals surface area contributed by atoms with Gasteiger partial charge in [-0.2, -0.15) is 0 Å². The number of aryl methyl sites for hydroxylation is 2. The number of fused-ring (bicyclic) bond motifs is 1. The van der Waals surface area contributed by atoms with Gasteiger partial charge in [0.05, 0.1) is 5.69 Å². The molecule has 2 aromatic rings. The molecule has 182 valence electrons. The molecule has 0 bridgehead atoms. The fourth-order valence-electron chi connectivity index (χ4n) is 3.83. The Balaban J connectivity index is 1.66. The highest BCUT2D eigenvalue weighted by Gasteiger charge is 2.28. The SMILES string of the molecule is CCN(CC)CCNC(=O)CN1C(=O)COc2ccc(C(=O)COc3ccc(C)cc3C)cc21. The number of carbonyl (C=O) groups excluding carboxylic acids is 3. The first kappa shape index (κ1) is 25.2. The Hall–Kier alpha value is -3.39. The van der Waals surface area contributed by atoms with Gasteiger partial charge in [0.1, 0.15) is 18.0 Å². The maximum atomic E-state index is 12.8. The molecule has 0 saturated heterocycles. The number of anilines is 1. The number of ketones is 1. The molecule has 3 rings (SSSR count). The topological polar surface area (TPSA) is 88.2 Å². The van der Waals surface area contributed by atoms with Crippen LogP contribution >= 0.6 is 0 Å². The number of carbonyl (C=O) groups is 3. The average molecular weight is 468 g/mol. The maximum Gasteiger partial charge on any atom is 0.265 e. The monoisotopic (exact) mass is 467 g/mol. The normalized spacial score (nSPS) is 12.9. The summed E-state index contributed by atoms with van der Waals surface area (Å²) in [6, 6.07) is 10.6. The maximum absolute atomic E-state index is 12.8. The minimum absolute atomic E-state index is 0.135. The lowest BCUT2D eigenvalue weighted by Gasteiger charge is -2.29. The number of likely N-dealkylation sites (N-methyl/N-ethyl adjacent to an activating group) is 1. The molecule has 1 heterocycles. The van der Waals surface area contributed by atoms with Crippen molar-refractivity contribution in [1.29, 1.82) is 0 Å². The van der Waals surface area contributed by atoms with Crippen molar-refractivity contribution < 1.29 is 23.9 Å². The molecule has 2 aromatic carbocycles. The van der Waals surface area contributed by atoms with Crippen LogP contribution in [0.3, 0.4) is 0 Å². The Morgan fingerprint density at radius 3 is 2.59 bits per heavy atom. The van der Waals surface area contributed by atoms with Crippen LogP contribution in [0.25, 0.3) is 0 Å². The Morgan fingerprint density at radius 2 is 1.88 bits per heavy atom. The van der Waals surface area contributed by atoms with Crippen LogP contribution in [0.15, 0.2) is 36.4 Å². The smallest absolute Gasteiger partial charge is 0.265 e. The molecule has 0 spiro atoms. The van der Waals surface area contributed by atoms with Gasteiger partial charge in [0, 0.05) is 18.7 Å². The van der Waals surface area contributed by atoms with Crippen molar-refractivity contribution in [3.8, 4) is 11.5 Å². The van der Waals surface area contributed by atoms with Crippen LogP contribution in [0.1, 0.15) is 35.3 Å². The number of rotatable bonds is 11. The van der Waals surface area contributed by atoms with Gasteiger partial charge in [0.2, 0.25) is 5.91 Å². The van der Waals surface area contributed by atoms with Crippen molar-refractivity contribution in [2.45, 2.75) is 27.7 Å². The van der Waals surface area contributed by atoms with Crippen molar-refractivity contribution >= 4 is 23.3 Å². The van der Waals surface area contributed by atoms with Crippen molar-refractivity contribution in [3.63, 3.8) is 0 Å². The molecular formula is C26H33N3O5. The minimum Gasteiger partial charge on any atom is -0.485 e. The van der Waals surface area contributed by atoms with Gasteiger partial charge in [-0.15, -0.1) is 0 Å². The number of hydrogen-bond donors (Lipinski definition) is 1. The summed E-state index contributed by atoms with van der Waals surface area (Å²) >= 11 is 0. The van der Waals surface area contributed by atoms with Gasteiger partial charge in [0.25, 0.3) is 5.91 Å². The molecule has 0 aliphatic carbocycles. The fourth-order valence-corrected chi connectivity index (χ4v) is 3.83. The highest BCUT2D eigenvalue weighted by molar-refractivity contribution is 6.04. The van der Waals surface area contributed by atoms with E-state index in [4.69, 9.17) is 9.47 Å². The molecule has 1 aliphatic rings. The van der Waals surface area contributed by atoms with Crippen LogP contribution in [0.4, 0.5) is 5.69 Å². The Labute approximate surface area is 200 Å². The van der Waals surface area contributed by atoms with E-state index in [1.165, 1.54) is 4.90 Å². The van der Waals surface area contributed by atoms with E-state index in [0.29, 0.717) is 29.3 Å². The molecule has 8 heteroatoms. The molecule has 0 unspecified atom stereocenters. The highest BCUT2D eigenvalue weighted by Crippen LogP contribution is 2.33. The zero-order chi connectivity index (χ0) is 24.7. The van der Waals surface area contributed by atoms with E-state index in [1.807, 2.05) is 32.0 Å². The summed E-state index contributed by atoms with van der Waals surface area (Å²) in [4.78, 5) is 41.4. The Bertz CT molecular complexity index is 1050. The second-order valence-corrected chi connectivity index (χ2v) is 8.31. The van der Waals surface area contributed by atoms with Crippen molar-refractivity contribution in [1.82, 2.24) is 10.2 Å². The average Bonchev–Trinajstić information content (AvgIpc) is 2.82. The summed E-state index contributed by atoms with van der Waals surface area (Å²) < 4.78 is 11.2. The van der Waals surface area contributed by atoms with Crippen LogP contribution in [-0.4, -0.2) is 68.4 Å². The van der Waals surface area contributed by atoms with Crippen LogP contribution in [0, 0.1) is 13.8 Å². The van der Waals surface area contributed by atoms with Gasteiger partial charge >= 0.3 is 0 Å². The standard InChI is InChI=1S/C26H33N3O5/c1-5-28(6-2)12-11-27-25(31)15-29-21-14-20(8-10-24(21)34-17-26(29)32)22(30)16-33-23-9-7-18(3)13-19(23)4/h7-10,13-14H,5-6,11-12,15-17H2,1-4H3,(H,27,31). The van der Waals surface area contributed by atoms with Crippen LogP contribution in [0.5, 0.6) is 11.5 Å². The van der Waals surface area contributed by atoms with Gasteiger partial charge in [-0.05, 0) is 56.8 Å². The van der Waals surface area contributed by atoms with Crippen molar-refractivity contribution in [3.05, 3.63) is 53.1 Å². The molecule has 0 radical (unpaired) electrons. The predicted octanol–water partition coefficient (Wildman–Crippen LogP) is 2.75. The second-order valence-electron chi connectivity index (χ2n) is 8.31. The van der Waals surface area contributed by atoms with Gasteiger partial charge in [-0.3, -0.25) is 19.3 Å². The van der Waals surface area contributed by atoms with Gasteiger partial charge in [-0.25, -0.2) is 0 Å². The van der Waals surface area contributed by atoms with E-state index in [0.717, 1.165) is 30.8 Å². The van der Waals surface area contributed by atoms with Crippen LogP contribution in [0.2, 0.25) is 0 Å². The first-order valence-corrected chi connectivity index (χ1v) is 11.6. The molecular weight excluding hydrogens is 434 g/mol. The van der Waals surface area contributed by atoms with Gasteiger partial charge in [-0.1, -0.05) is 31.5 Å². The fraction of sp³-hybridized carbons (Fsp3) is 0.423. The molecule has 0 aromatic heterocycles. The van der Waals surface area contributed by atoms with Gasteiger partial charge in [0.15, 0.2) is 19.0 Å². The molecule has 1 aliphatic heterocycles. The Kier molecular flexibility index (Phi) is 8.65. The Morgan fingerprint density at radius 1 is 1.12 bits per heavy atom. The number of amides is 2. The number of hydrogen-bond acceptors (Lipinski definition) is 6. The van der Waals surface area contributed by atoms with E-state index in [2.05, 4.69) is 24.1 Å². The van der Waals surface area contributed by atoms with Gasteiger partial charge < -0.3 is 19.7 Å².